The largest absolute Gasteiger partial charge is 0.340 e. The van der Waals surface area contributed by atoms with Crippen molar-refractivity contribution in [2.75, 3.05) is 13.1 Å². The van der Waals surface area contributed by atoms with Crippen LogP contribution in [-0.2, 0) is 4.79 Å². The molecule has 2 atom stereocenters. The molecule has 2 heterocycles. The Bertz CT molecular complexity index is 259. The van der Waals surface area contributed by atoms with Gasteiger partial charge in [-0.3, -0.25) is 4.79 Å². The number of hydrogen-bond acceptors (Lipinski definition) is 2. The van der Waals surface area contributed by atoms with Crippen LogP contribution < -0.4 is 5.32 Å². The average Bonchev–Trinajstić information content (AvgIpc) is 2.41. The molecule has 1 N–H and O–H groups in total. The molecule has 1 amide bonds. The van der Waals surface area contributed by atoms with Crippen molar-refractivity contribution in [3.8, 4) is 0 Å². The standard InChI is InChI=1S/C15H28N2O/c1-2-7-14-9-4-6-11-17(14)15(18)12-13-8-3-5-10-16-13/h13-14,16H,2-12H2,1H3. The molecule has 0 aliphatic carbocycles. The van der Waals surface area contributed by atoms with Crippen molar-refractivity contribution in [3.05, 3.63) is 0 Å². The molecule has 0 aromatic heterocycles. The predicted octanol–water partition coefficient (Wildman–Crippen LogP) is 2.70. The normalized spacial score (nSPS) is 29.3. The molecular formula is C15H28N2O. The van der Waals surface area contributed by atoms with Crippen LogP contribution in [0.25, 0.3) is 0 Å². The van der Waals surface area contributed by atoms with E-state index in [-0.39, 0.29) is 0 Å². The second kappa shape index (κ2) is 7.13. The van der Waals surface area contributed by atoms with Crippen molar-refractivity contribution in [3.63, 3.8) is 0 Å². The molecule has 2 aliphatic rings. The Morgan fingerprint density at radius 2 is 2.06 bits per heavy atom. The van der Waals surface area contributed by atoms with E-state index in [1.165, 1.54) is 51.4 Å². The van der Waals surface area contributed by atoms with E-state index < -0.39 is 0 Å². The fraction of sp³-hybridized carbons (Fsp3) is 0.933. The molecule has 0 aromatic carbocycles. The number of nitrogens with zero attached hydrogens (tertiary/aromatic N) is 1. The number of carbonyl (C=O) groups is 1. The van der Waals surface area contributed by atoms with Crippen molar-refractivity contribution >= 4 is 5.91 Å². The number of carbonyl (C=O) groups excluding carboxylic acids is 1. The van der Waals surface area contributed by atoms with Crippen molar-refractivity contribution < 1.29 is 4.79 Å². The lowest BCUT2D eigenvalue weighted by Gasteiger charge is -2.37. The molecule has 18 heavy (non-hydrogen) atoms. The van der Waals surface area contributed by atoms with E-state index in [9.17, 15) is 4.79 Å². The van der Waals surface area contributed by atoms with Gasteiger partial charge in [-0.15, -0.1) is 0 Å². The van der Waals surface area contributed by atoms with Gasteiger partial charge in [-0.05, 0) is 45.1 Å². The van der Waals surface area contributed by atoms with Crippen LogP contribution in [0.3, 0.4) is 0 Å². The lowest BCUT2D eigenvalue weighted by molar-refractivity contribution is -0.135. The highest BCUT2D eigenvalue weighted by Crippen LogP contribution is 2.22. The van der Waals surface area contributed by atoms with Gasteiger partial charge in [0, 0.05) is 25.0 Å². The van der Waals surface area contributed by atoms with E-state index >= 15 is 0 Å². The quantitative estimate of drug-likeness (QED) is 0.834. The van der Waals surface area contributed by atoms with Gasteiger partial charge in [-0.1, -0.05) is 19.8 Å². The Balaban J connectivity index is 1.84. The molecular weight excluding hydrogens is 224 g/mol. The predicted molar refractivity (Wildman–Crippen MR) is 74.5 cm³/mol. The van der Waals surface area contributed by atoms with Gasteiger partial charge in [-0.25, -0.2) is 0 Å². The summed E-state index contributed by atoms with van der Waals surface area (Å²) in [6.45, 7) is 4.31. The highest BCUT2D eigenvalue weighted by molar-refractivity contribution is 5.77. The van der Waals surface area contributed by atoms with Crippen molar-refractivity contribution in [2.45, 2.75) is 76.8 Å². The Morgan fingerprint density at radius 3 is 2.78 bits per heavy atom. The molecule has 0 spiro atoms. The molecule has 2 unspecified atom stereocenters. The molecule has 2 rings (SSSR count). The van der Waals surface area contributed by atoms with Gasteiger partial charge in [0.15, 0.2) is 0 Å². The maximum Gasteiger partial charge on any atom is 0.224 e. The lowest BCUT2D eigenvalue weighted by atomic mass is 9.96. The third kappa shape index (κ3) is 3.71. The number of amides is 1. The maximum absolute atomic E-state index is 12.4. The summed E-state index contributed by atoms with van der Waals surface area (Å²) in [6.07, 6.45) is 10.5. The van der Waals surface area contributed by atoms with Gasteiger partial charge in [0.25, 0.3) is 0 Å². The van der Waals surface area contributed by atoms with E-state index in [1.807, 2.05) is 0 Å². The van der Waals surface area contributed by atoms with Crippen LogP contribution >= 0.6 is 0 Å². The minimum atomic E-state index is 0.396. The molecule has 0 aromatic rings. The number of rotatable bonds is 4. The maximum atomic E-state index is 12.4. The minimum Gasteiger partial charge on any atom is -0.340 e. The van der Waals surface area contributed by atoms with Crippen LogP contribution in [0.2, 0.25) is 0 Å². The highest BCUT2D eigenvalue weighted by atomic mass is 16.2. The van der Waals surface area contributed by atoms with Crippen LogP contribution in [0, 0.1) is 0 Å². The first-order valence-corrected chi connectivity index (χ1v) is 7.84. The minimum absolute atomic E-state index is 0.396. The molecule has 0 saturated carbocycles. The third-order valence-electron chi connectivity index (χ3n) is 4.40. The van der Waals surface area contributed by atoms with Gasteiger partial charge in [-0.2, -0.15) is 0 Å². The molecule has 2 aliphatic heterocycles. The van der Waals surface area contributed by atoms with Crippen molar-refractivity contribution in [1.82, 2.24) is 10.2 Å². The summed E-state index contributed by atoms with van der Waals surface area (Å²) in [5.41, 5.74) is 0. The zero-order chi connectivity index (χ0) is 12.8. The second-order valence-electron chi connectivity index (χ2n) is 5.88. The topological polar surface area (TPSA) is 32.3 Å². The van der Waals surface area contributed by atoms with E-state index in [1.54, 1.807) is 0 Å². The molecule has 2 saturated heterocycles. The Labute approximate surface area is 111 Å². The second-order valence-corrected chi connectivity index (χ2v) is 5.88. The van der Waals surface area contributed by atoms with Crippen molar-refractivity contribution in [1.29, 1.82) is 0 Å². The number of nitrogens with one attached hydrogen (secondary N) is 1. The van der Waals surface area contributed by atoms with E-state index in [4.69, 9.17) is 0 Å². The summed E-state index contributed by atoms with van der Waals surface area (Å²) < 4.78 is 0. The van der Waals surface area contributed by atoms with Gasteiger partial charge < -0.3 is 10.2 Å². The van der Waals surface area contributed by atoms with Crippen LogP contribution in [0.15, 0.2) is 0 Å². The Morgan fingerprint density at radius 1 is 1.22 bits per heavy atom. The fourth-order valence-electron chi connectivity index (χ4n) is 3.39. The van der Waals surface area contributed by atoms with Crippen LogP contribution in [-0.4, -0.2) is 36.0 Å². The molecule has 0 radical (unpaired) electrons. The van der Waals surface area contributed by atoms with E-state index in [2.05, 4.69) is 17.1 Å². The van der Waals surface area contributed by atoms with Crippen LogP contribution in [0.4, 0.5) is 0 Å². The summed E-state index contributed by atoms with van der Waals surface area (Å²) in [6, 6.07) is 0.968. The Hall–Kier alpha value is -0.570. The van der Waals surface area contributed by atoms with E-state index in [0.29, 0.717) is 18.0 Å². The van der Waals surface area contributed by atoms with Crippen LogP contribution in [0.5, 0.6) is 0 Å². The first-order valence-electron chi connectivity index (χ1n) is 7.84. The van der Waals surface area contributed by atoms with Gasteiger partial charge >= 0.3 is 0 Å². The van der Waals surface area contributed by atoms with Crippen molar-refractivity contribution in [2.24, 2.45) is 0 Å². The summed E-state index contributed by atoms with van der Waals surface area (Å²) in [7, 11) is 0. The van der Waals surface area contributed by atoms with Gasteiger partial charge in [0.1, 0.15) is 0 Å². The average molecular weight is 252 g/mol. The first kappa shape index (κ1) is 13.9. The molecule has 3 nitrogen and oxygen atoms in total. The summed E-state index contributed by atoms with van der Waals surface area (Å²) in [4.78, 5) is 14.6. The molecule has 2 fully saturated rings. The monoisotopic (exact) mass is 252 g/mol. The SMILES string of the molecule is CCCC1CCCCN1C(=O)CC1CCCCN1. The fourth-order valence-corrected chi connectivity index (χ4v) is 3.39. The molecule has 0 bridgehead atoms. The third-order valence-corrected chi connectivity index (χ3v) is 4.40. The van der Waals surface area contributed by atoms with E-state index in [0.717, 1.165) is 19.5 Å². The van der Waals surface area contributed by atoms with Crippen LogP contribution in [0.1, 0.15) is 64.7 Å². The zero-order valence-corrected chi connectivity index (χ0v) is 11.8. The zero-order valence-electron chi connectivity index (χ0n) is 11.8. The van der Waals surface area contributed by atoms with Gasteiger partial charge in [0.2, 0.25) is 5.91 Å². The smallest absolute Gasteiger partial charge is 0.224 e. The first-order chi connectivity index (χ1) is 8.81. The number of hydrogen-bond donors (Lipinski definition) is 1. The highest BCUT2D eigenvalue weighted by Gasteiger charge is 2.27. The molecule has 104 valence electrons. The summed E-state index contributed by atoms with van der Waals surface area (Å²) >= 11 is 0. The number of piperidine rings is 2. The Kier molecular flexibility index (Phi) is 5.48. The lowest BCUT2D eigenvalue weighted by Crippen LogP contribution is -2.46. The summed E-state index contributed by atoms with van der Waals surface area (Å²) in [5.74, 6) is 0.396. The van der Waals surface area contributed by atoms with Gasteiger partial charge in [0.05, 0.1) is 0 Å². The summed E-state index contributed by atoms with van der Waals surface area (Å²) in [5, 5.41) is 3.49. The molecule has 3 heteroatoms. The number of likely N-dealkylation sites (tertiary alicyclic amines) is 1.